The van der Waals surface area contributed by atoms with E-state index in [1.807, 2.05) is 43.3 Å². The number of nitrogens with one attached hydrogen (secondary N) is 1. The van der Waals surface area contributed by atoms with Crippen molar-refractivity contribution in [3.63, 3.8) is 0 Å². The number of benzene rings is 2. The second-order valence-corrected chi connectivity index (χ2v) is 7.37. The number of nitro benzene ring substituents is 1. The Morgan fingerprint density at radius 3 is 2.47 bits per heavy atom. The van der Waals surface area contributed by atoms with Gasteiger partial charge < -0.3 is 14.9 Å². The summed E-state index contributed by atoms with van der Waals surface area (Å²) in [7, 11) is 3.95. The van der Waals surface area contributed by atoms with Crippen LogP contribution in [0.1, 0.15) is 5.56 Å². The number of hydrogen-bond donors (Lipinski definition) is 2. The third-order valence-electron chi connectivity index (χ3n) is 5.14. The Bertz CT molecular complexity index is 877. The smallest absolute Gasteiger partial charge is 0.294 e. The zero-order chi connectivity index (χ0) is 21.5. The summed E-state index contributed by atoms with van der Waals surface area (Å²) in [6.45, 7) is 4.13. The normalized spacial score (nSPS) is 14.8. The molecule has 0 radical (unpaired) electrons. The molecule has 2 N–H and O–H groups in total. The van der Waals surface area contributed by atoms with E-state index in [-0.39, 0.29) is 12.3 Å². The van der Waals surface area contributed by atoms with Crippen LogP contribution in [0, 0.1) is 10.1 Å². The number of nitrogens with zero attached hydrogens (tertiary/aromatic N) is 5. The predicted molar refractivity (Wildman–Crippen MR) is 121 cm³/mol. The van der Waals surface area contributed by atoms with E-state index in [1.54, 1.807) is 18.3 Å². The molecule has 1 saturated heterocycles. The summed E-state index contributed by atoms with van der Waals surface area (Å²) >= 11 is 0. The maximum atomic E-state index is 11.4. The minimum absolute atomic E-state index is 0.0160. The van der Waals surface area contributed by atoms with Gasteiger partial charge in [0.25, 0.3) is 5.69 Å². The third-order valence-corrected chi connectivity index (χ3v) is 5.14. The summed E-state index contributed by atoms with van der Waals surface area (Å²) < 4.78 is 0. The molecule has 1 aliphatic heterocycles. The second kappa shape index (κ2) is 10.0. The first kappa shape index (κ1) is 21.5. The molecule has 0 aromatic heterocycles. The average molecular weight is 412 g/mol. The van der Waals surface area contributed by atoms with Gasteiger partial charge in [-0.1, -0.05) is 12.1 Å². The number of aliphatic hydroxyl groups is 1. The van der Waals surface area contributed by atoms with Crippen molar-refractivity contribution in [1.29, 1.82) is 0 Å². The SMILES string of the molecule is CN(C)c1ccc(C=NNc2cc(N3CCN(CCO)CC3)ccc2[N+](=O)[O-])cc1. The number of nitro groups is 1. The van der Waals surface area contributed by atoms with Crippen molar-refractivity contribution in [3.8, 4) is 0 Å². The van der Waals surface area contributed by atoms with Crippen LogP contribution < -0.4 is 15.2 Å². The predicted octanol–water partition coefficient (Wildman–Crippen LogP) is 2.22. The van der Waals surface area contributed by atoms with Crippen LogP contribution in [0.15, 0.2) is 47.6 Å². The standard InChI is InChI=1S/C21H28N6O3/c1-24(2)18-5-3-17(4-6-18)16-22-23-20-15-19(7-8-21(20)27(29)30)26-11-9-25(10-12-26)13-14-28/h3-8,15-16,23,28H,9-14H2,1-2H3. The molecule has 1 fully saturated rings. The highest BCUT2D eigenvalue weighted by atomic mass is 16.6. The van der Waals surface area contributed by atoms with Gasteiger partial charge in [-0.3, -0.25) is 20.4 Å². The minimum atomic E-state index is -0.410. The van der Waals surface area contributed by atoms with Crippen LogP contribution in [0.4, 0.5) is 22.7 Å². The molecule has 160 valence electrons. The molecule has 30 heavy (non-hydrogen) atoms. The van der Waals surface area contributed by atoms with Gasteiger partial charge >= 0.3 is 0 Å². The first-order valence-electron chi connectivity index (χ1n) is 9.91. The molecule has 9 nitrogen and oxygen atoms in total. The number of piperazine rings is 1. The maximum absolute atomic E-state index is 11.4. The van der Waals surface area contributed by atoms with Gasteiger partial charge in [-0.25, -0.2) is 0 Å². The van der Waals surface area contributed by atoms with Crippen LogP contribution in [0.3, 0.4) is 0 Å². The highest BCUT2D eigenvalue weighted by Gasteiger charge is 2.20. The molecule has 0 atom stereocenters. The van der Waals surface area contributed by atoms with Crippen LogP contribution in [0.5, 0.6) is 0 Å². The van der Waals surface area contributed by atoms with E-state index in [0.29, 0.717) is 12.2 Å². The van der Waals surface area contributed by atoms with E-state index in [0.717, 1.165) is 43.1 Å². The third kappa shape index (κ3) is 5.46. The van der Waals surface area contributed by atoms with E-state index in [1.165, 1.54) is 6.07 Å². The number of hydrogen-bond acceptors (Lipinski definition) is 8. The number of aliphatic hydroxyl groups excluding tert-OH is 1. The lowest BCUT2D eigenvalue weighted by Gasteiger charge is -2.35. The zero-order valence-electron chi connectivity index (χ0n) is 17.4. The van der Waals surface area contributed by atoms with Gasteiger partial charge in [-0.15, -0.1) is 0 Å². The Hall–Kier alpha value is -3.17. The maximum Gasteiger partial charge on any atom is 0.294 e. The summed E-state index contributed by atoms with van der Waals surface area (Å²) in [6.07, 6.45) is 1.64. The fourth-order valence-corrected chi connectivity index (χ4v) is 3.38. The van der Waals surface area contributed by atoms with Gasteiger partial charge in [0.2, 0.25) is 0 Å². The molecule has 0 unspecified atom stereocenters. The molecule has 0 spiro atoms. The highest BCUT2D eigenvalue weighted by Crippen LogP contribution is 2.30. The lowest BCUT2D eigenvalue weighted by molar-refractivity contribution is -0.383. The summed E-state index contributed by atoms with van der Waals surface area (Å²) in [5, 5.41) is 24.7. The van der Waals surface area contributed by atoms with Gasteiger partial charge in [0.1, 0.15) is 5.69 Å². The van der Waals surface area contributed by atoms with Gasteiger partial charge in [0.05, 0.1) is 17.7 Å². The Labute approximate surface area is 176 Å². The number of hydrazone groups is 1. The lowest BCUT2D eigenvalue weighted by atomic mass is 10.2. The molecular formula is C21H28N6O3. The molecule has 1 heterocycles. The molecule has 2 aromatic rings. The van der Waals surface area contributed by atoms with E-state index in [9.17, 15) is 10.1 Å². The van der Waals surface area contributed by atoms with Crippen LogP contribution in [-0.2, 0) is 0 Å². The highest BCUT2D eigenvalue weighted by molar-refractivity contribution is 5.81. The summed E-state index contributed by atoms with van der Waals surface area (Å²) in [4.78, 5) is 17.4. The first-order valence-corrected chi connectivity index (χ1v) is 9.91. The second-order valence-electron chi connectivity index (χ2n) is 7.37. The van der Waals surface area contributed by atoms with Gasteiger partial charge in [0, 0.05) is 64.3 Å². The van der Waals surface area contributed by atoms with E-state index < -0.39 is 4.92 Å². The fourth-order valence-electron chi connectivity index (χ4n) is 3.38. The van der Waals surface area contributed by atoms with Crippen molar-refractivity contribution in [1.82, 2.24) is 4.90 Å². The van der Waals surface area contributed by atoms with Crippen molar-refractivity contribution >= 4 is 29.0 Å². The van der Waals surface area contributed by atoms with Crippen molar-refractivity contribution in [2.75, 3.05) is 68.7 Å². The number of rotatable bonds is 8. The van der Waals surface area contributed by atoms with Crippen LogP contribution in [-0.4, -0.2) is 74.6 Å². The number of β-amino-alcohol motifs (C(OH)–C–C–N with tert-alkyl or cyclic N) is 1. The van der Waals surface area contributed by atoms with Gasteiger partial charge in [-0.05, 0) is 29.8 Å². The van der Waals surface area contributed by atoms with Crippen molar-refractivity contribution in [2.24, 2.45) is 5.10 Å². The molecule has 0 aliphatic carbocycles. The van der Waals surface area contributed by atoms with Gasteiger partial charge in [-0.2, -0.15) is 5.10 Å². The molecule has 2 aromatic carbocycles. The molecule has 1 aliphatic rings. The van der Waals surface area contributed by atoms with Gasteiger partial charge in [0.15, 0.2) is 0 Å². The summed E-state index contributed by atoms with van der Waals surface area (Å²) in [5.74, 6) is 0. The Morgan fingerprint density at radius 2 is 1.87 bits per heavy atom. The topological polar surface area (TPSA) is 97.5 Å². The molecule has 3 rings (SSSR count). The lowest BCUT2D eigenvalue weighted by Crippen LogP contribution is -2.47. The molecule has 9 heteroatoms. The summed E-state index contributed by atoms with van der Waals surface area (Å²) in [6, 6.07) is 12.9. The minimum Gasteiger partial charge on any atom is -0.395 e. The van der Waals surface area contributed by atoms with Crippen molar-refractivity contribution < 1.29 is 10.0 Å². The largest absolute Gasteiger partial charge is 0.395 e. The molecular weight excluding hydrogens is 384 g/mol. The Morgan fingerprint density at radius 1 is 1.17 bits per heavy atom. The number of anilines is 3. The van der Waals surface area contributed by atoms with E-state index in [4.69, 9.17) is 5.11 Å². The molecule has 0 bridgehead atoms. The van der Waals surface area contributed by atoms with E-state index >= 15 is 0 Å². The quantitative estimate of drug-likeness (QED) is 0.390. The zero-order valence-corrected chi connectivity index (χ0v) is 17.4. The van der Waals surface area contributed by atoms with Crippen LogP contribution >= 0.6 is 0 Å². The Kier molecular flexibility index (Phi) is 7.21. The van der Waals surface area contributed by atoms with Crippen molar-refractivity contribution in [2.45, 2.75) is 0 Å². The average Bonchev–Trinajstić information content (AvgIpc) is 2.74. The van der Waals surface area contributed by atoms with Crippen molar-refractivity contribution in [3.05, 3.63) is 58.1 Å². The molecule has 0 amide bonds. The van der Waals surface area contributed by atoms with Crippen LogP contribution in [0.2, 0.25) is 0 Å². The summed E-state index contributed by atoms with van der Waals surface area (Å²) in [5.41, 5.74) is 6.07. The first-order chi connectivity index (χ1) is 14.5. The van der Waals surface area contributed by atoms with Crippen LogP contribution in [0.25, 0.3) is 0 Å². The fraction of sp³-hybridized carbons (Fsp3) is 0.381. The Balaban J connectivity index is 1.71. The molecule has 0 saturated carbocycles. The monoisotopic (exact) mass is 412 g/mol. The van der Waals surface area contributed by atoms with E-state index in [2.05, 4.69) is 20.3 Å².